The second-order valence-corrected chi connectivity index (χ2v) is 1.22. The summed E-state index contributed by atoms with van der Waals surface area (Å²) in [5.74, 6) is 0. The molecule has 4 N–H and O–H groups in total. The first kappa shape index (κ1) is 34.4. The molecule has 0 aliphatic heterocycles. The van der Waals surface area contributed by atoms with E-state index in [1.807, 2.05) is 6.92 Å². The van der Waals surface area contributed by atoms with Crippen LogP contribution in [0.5, 0.6) is 0 Å². The number of hydrogen-bond acceptors (Lipinski definition) is 3. The fourth-order valence-corrected chi connectivity index (χ4v) is 0. The molecular weight excluding hydrogens is 139 g/mol. The van der Waals surface area contributed by atoms with Crippen molar-refractivity contribution >= 4 is 17.4 Å². The van der Waals surface area contributed by atoms with Gasteiger partial charge in [0.25, 0.3) is 0 Å². The predicted octanol–water partition coefficient (Wildman–Crippen LogP) is -1.41. The summed E-state index contributed by atoms with van der Waals surface area (Å²) in [6.45, 7) is 3.55. The average Bonchev–Trinajstić information content (AvgIpc) is 1.38. The van der Waals surface area contributed by atoms with E-state index < -0.39 is 0 Å². The molecule has 0 radical (unpaired) electrons. The van der Waals surface area contributed by atoms with Gasteiger partial charge in [-0.1, -0.05) is 20.3 Å². The van der Waals surface area contributed by atoms with Crippen molar-refractivity contribution in [2.24, 2.45) is 0 Å². The molecule has 0 bridgehead atoms. The Hall–Kier alpha value is 0.372. The summed E-state index contributed by atoms with van der Waals surface area (Å²) < 4.78 is 0. The van der Waals surface area contributed by atoms with Crippen LogP contribution in [0.25, 0.3) is 0 Å². The van der Waals surface area contributed by atoms with Gasteiger partial charge in [-0.15, -0.1) is 6.10 Å². The fraction of sp³-hybridized carbons (Fsp3) is 1.00. The second-order valence-electron chi connectivity index (χ2n) is 1.22. The summed E-state index contributed by atoms with van der Waals surface area (Å²) in [6, 6.07) is 0. The van der Waals surface area contributed by atoms with Gasteiger partial charge in [0.15, 0.2) is 0 Å². The number of rotatable bonds is 1. The van der Waals surface area contributed by atoms with Crippen LogP contribution in [0.4, 0.5) is 0 Å². The molecule has 0 heterocycles. The molecule has 0 saturated carbocycles. The third-order valence-electron chi connectivity index (χ3n) is 0.575. The Morgan fingerprint density at radius 1 is 1.33 bits per heavy atom. The summed E-state index contributed by atoms with van der Waals surface area (Å²) in [7, 11) is 0. The van der Waals surface area contributed by atoms with Crippen molar-refractivity contribution in [2.45, 2.75) is 26.4 Å². The van der Waals surface area contributed by atoms with Crippen LogP contribution in [0.3, 0.4) is 0 Å². The Kier molecular flexibility index (Phi) is 90.9. The molecule has 0 saturated heterocycles. The van der Waals surface area contributed by atoms with Gasteiger partial charge >= 0.3 is 17.4 Å². The molecule has 56 valence electrons. The molecule has 5 heteroatoms. The normalized spacial score (nSPS) is 8.33. The molecule has 1 unspecified atom stereocenters. The Morgan fingerprint density at radius 2 is 1.44 bits per heavy atom. The van der Waals surface area contributed by atoms with Crippen molar-refractivity contribution in [3.8, 4) is 0 Å². The molecule has 9 heavy (non-hydrogen) atoms. The van der Waals surface area contributed by atoms with E-state index in [2.05, 4.69) is 0 Å². The first-order chi connectivity index (χ1) is 2.27. The predicted molar refractivity (Wildman–Crippen MR) is 33.0 cm³/mol. The molecule has 0 fully saturated rings. The molecule has 4 nitrogen and oxygen atoms in total. The van der Waals surface area contributed by atoms with Gasteiger partial charge in [0, 0.05) is 0 Å². The SMILES string of the molecule is CCC(C)[O-].O.[Al+3].[OH-].[OH-]. The molecule has 0 aromatic rings. The smallest absolute Gasteiger partial charge is 0.870 e. The fourth-order valence-electron chi connectivity index (χ4n) is 0. The quantitative estimate of drug-likeness (QED) is 0.429. The summed E-state index contributed by atoms with van der Waals surface area (Å²) in [5.41, 5.74) is 0. The van der Waals surface area contributed by atoms with Crippen LogP contribution in [-0.4, -0.2) is 39.9 Å². The Labute approximate surface area is 65.9 Å². The van der Waals surface area contributed by atoms with Crippen LogP contribution in [-0.2, 0) is 0 Å². The minimum atomic E-state index is -0.366. The van der Waals surface area contributed by atoms with Crippen molar-refractivity contribution in [3.05, 3.63) is 0 Å². The third kappa shape index (κ3) is 60.4. The van der Waals surface area contributed by atoms with Crippen LogP contribution in [0.15, 0.2) is 0 Å². The van der Waals surface area contributed by atoms with E-state index in [-0.39, 0.29) is 39.9 Å². The molecule has 0 amide bonds. The van der Waals surface area contributed by atoms with E-state index in [4.69, 9.17) is 0 Å². The van der Waals surface area contributed by atoms with Gasteiger partial charge in [-0.2, -0.15) is 0 Å². The third-order valence-corrected chi connectivity index (χ3v) is 0.575. The van der Waals surface area contributed by atoms with Gasteiger partial charge in [0.2, 0.25) is 0 Å². The molecule has 0 aromatic carbocycles. The molecule has 0 spiro atoms. The minimum Gasteiger partial charge on any atom is -0.870 e. The van der Waals surface area contributed by atoms with E-state index in [0.29, 0.717) is 0 Å². The van der Waals surface area contributed by atoms with Crippen molar-refractivity contribution < 1.29 is 21.5 Å². The van der Waals surface area contributed by atoms with Gasteiger partial charge in [-0.3, -0.25) is 0 Å². The van der Waals surface area contributed by atoms with Crippen molar-refractivity contribution in [1.29, 1.82) is 0 Å². The van der Waals surface area contributed by atoms with E-state index in [1.54, 1.807) is 6.92 Å². The maximum absolute atomic E-state index is 9.90. The average molecular weight is 152 g/mol. The number of hydrogen-bond donors (Lipinski definition) is 0. The first-order valence-corrected chi connectivity index (χ1v) is 1.93. The Balaban J connectivity index is -0.0000000133. The largest absolute Gasteiger partial charge is 3.00 e. The van der Waals surface area contributed by atoms with E-state index in [9.17, 15) is 5.11 Å². The van der Waals surface area contributed by atoms with E-state index in [1.165, 1.54) is 0 Å². The second kappa shape index (κ2) is 23.8. The monoisotopic (exact) mass is 152 g/mol. The maximum atomic E-state index is 9.90. The molecule has 1 atom stereocenters. The summed E-state index contributed by atoms with van der Waals surface area (Å²) in [5, 5.41) is 9.90. The van der Waals surface area contributed by atoms with Gasteiger partial charge in [0.05, 0.1) is 0 Å². The van der Waals surface area contributed by atoms with E-state index in [0.717, 1.165) is 6.42 Å². The molecule has 0 aromatic heterocycles. The van der Waals surface area contributed by atoms with Crippen molar-refractivity contribution in [1.82, 2.24) is 0 Å². The Bertz CT molecular complexity index is 26.5. The van der Waals surface area contributed by atoms with Crippen molar-refractivity contribution in [3.63, 3.8) is 0 Å². The first-order valence-electron chi connectivity index (χ1n) is 1.93. The van der Waals surface area contributed by atoms with Crippen LogP contribution in [0.2, 0.25) is 0 Å². The summed E-state index contributed by atoms with van der Waals surface area (Å²) in [6.07, 6.45) is 0.384. The van der Waals surface area contributed by atoms with E-state index >= 15 is 0 Å². The summed E-state index contributed by atoms with van der Waals surface area (Å²) >= 11 is 0. The molecule has 0 rings (SSSR count). The Morgan fingerprint density at radius 3 is 1.44 bits per heavy atom. The standard InChI is InChI=1S/C4H9O.Al.3H2O/c1-3-4(2)5;;;;/h4H,3H2,1-2H3;;3*1H2/q-1;+3;;;/p-2. The molecule has 0 aliphatic carbocycles. The topological polar surface area (TPSA) is 115 Å². The van der Waals surface area contributed by atoms with Crippen LogP contribution in [0, 0.1) is 0 Å². The van der Waals surface area contributed by atoms with Crippen LogP contribution < -0.4 is 5.11 Å². The van der Waals surface area contributed by atoms with Gasteiger partial charge in [-0.25, -0.2) is 0 Å². The van der Waals surface area contributed by atoms with Gasteiger partial charge in [-0.05, 0) is 0 Å². The zero-order valence-electron chi connectivity index (χ0n) is 5.66. The van der Waals surface area contributed by atoms with Crippen LogP contribution in [0.1, 0.15) is 20.3 Å². The van der Waals surface area contributed by atoms with Gasteiger partial charge < -0.3 is 21.5 Å². The molecule has 0 aliphatic rings. The van der Waals surface area contributed by atoms with Crippen molar-refractivity contribution in [2.75, 3.05) is 0 Å². The zero-order chi connectivity index (χ0) is 4.28. The van der Waals surface area contributed by atoms with Gasteiger partial charge in [0.1, 0.15) is 0 Å². The molecular formula is C4H13AlO4. The summed E-state index contributed by atoms with van der Waals surface area (Å²) in [4.78, 5) is 0. The zero-order valence-corrected chi connectivity index (χ0v) is 6.82. The maximum Gasteiger partial charge on any atom is 3.00 e. The minimum absolute atomic E-state index is 0. The van der Waals surface area contributed by atoms with Crippen LogP contribution >= 0.6 is 0 Å².